The highest BCUT2D eigenvalue weighted by molar-refractivity contribution is 5.93. The maximum Gasteiger partial charge on any atom is 0.343 e. The number of esters is 6. The van der Waals surface area contributed by atoms with E-state index < -0.39 is 35.8 Å². The molecule has 14 nitrogen and oxygen atoms in total. The lowest BCUT2D eigenvalue weighted by Gasteiger charge is -2.08. The van der Waals surface area contributed by atoms with Crippen molar-refractivity contribution >= 4 is 35.8 Å². The Balaban J connectivity index is 0.910. The molecule has 0 heterocycles. The van der Waals surface area contributed by atoms with Crippen molar-refractivity contribution in [2.24, 2.45) is 0 Å². The summed E-state index contributed by atoms with van der Waals surface area (Å²) in [6.07, 6.45) is 16.2. The van der Waals surface area contributed by atoms with E-state index in [1.54, 1.807) is 97.1 Å². The molecule has 0 fully saturated rings. The predicted molar refractivity (Wildman–Crippen MR) is 264 cm³/mol. The Hall–Kier alpha value is -6.96. The number of ether oxygens (including phenoxy) is 8. The Morgan fingerprint density at radius 3 is 0.900 bits per heavy atom. The average Bonchev–Trinajstić information content (AvgIpc) is 3.37. The molecular weight excluding hydrogens is 897 g/mol. The third-order valence-corrected chi connectivity index (χ3v) is 10.7. The van der Waals surface area contributed by atoms with Gasteiger partial charge in [0.05, 0.1) is 61.9 Å². The van der Waals surface area contributed by atoms with Crippen LogP contribution in [0.2, 0.25) is 0 Å². The molecule has 0 radical (unpaired) electrons. The molecule has 376 valence electrons. The van der Waals surface area contributed by atoms with Crippen molar-refractivity contribution in [3.63, 3.8) is 0 Å². The molecule has 0 aliphatic carbocycles. The van der Waals surface area contributed by atoms with Gasteiger partial charge in [0.2, 0.25) is 0 Å². The Morgan fingerprint density at radius 1 is 0.314 bits per heavy atom. The molecule has 0 unspecified atom stereocenters. The van der Waals surface area contributed by atoms with Crippen LogP contribution in [0.3, 0.4) is 0 Å². The van der Waals surface area contributed by atoms with E-state index in [2.05, 4.69) is 13.8 Å². The van der Waals surface area contributed by atoms with Gasteiger partial charge in [-0.15, -0.1) is 0 Å². The zero-order chi connectivity index (χ0) is 50.0. The van der Waals surface area contributed by atoms with E-state index in [1.165, 1.54) is 0 Å². The van der Waals surface area contributed by atoms with Crippen molar-refractivity contribution in [1.82, 2.24) is 0 Å². The predicted octanol–water partition coefficient (Wildman–Crippen LogP) is 11.8. The summed E-state index contributed by atoms with van der Waals surface area (Å²) in [6.45, 7) is 6.51. The van der Waals surface area contributed by atoms with Gasteiger partial charge in [-0.2, -0.15) is 0 Å². The van der Waals surface area contributed by atoms with E-state index in [-0.39, 0.29) is 13.2 Å². The van der Waals surface area contributed by atoms with Gasteiger partial charge in [-0.25, -0.2) is 28.8 Å². The summed E-state index contributed by atoms with van der Waals surface area (Å²) in [7, 11) is 0. The number of hydrogen-bond acceptors (Lipinski definition) is 14. The van der Waals surface area contributed by atoms with Gasteiger partial charge in [0.15, 0.2) is 0 Å². The third kappa shape index (κ3) is 22.9. The Morgan fingerprint density at radius 2 is 0.586 bits per heavy atom. The van der Waals surface area contributed by atoms with Crippen molar-refractivity contribution in [1.29, 1.82) is 0 Å². The Bertz CT molecular complexity index is 2040. The van der Waals surface area contributed by atoms with Crippen molar-refractivity contribution in [3.05, 3.63) is 131 Å². The zero-order valence-electron chi connectivity index (χ0n) is 40.7. The summed E-state index contributed by atoms with van der Waals surface area (Å²) in [5, 5.41) is 0. The molecule has 14 heteroatoms. The molecule has 4 rings (SSSR count). The molecule has 0 bridgehead atoms. The molecule has 0 aliphatic heterocycles. The molecule has 0 atom stereocenters. The van der Waals surface area contributed by atoms with Crippen LogP contribution >= 0.6 is 0 Å². The number of carbonyl (C=O) groups is 6. The fourth-order valence-corrected chi connectivity index (χ4v) is 6.59. The molecule has 0 saturated carbocycles. The maximum atomic E-state index is 12.5. The van der Waals surface area contributed by atoms with Gasteiger partial charge in [-0.1, -0.05) is 78.1 Å². The van der Waals surface area contributed by atoms with Crippen molar-refractivity contribution in [2.45, 2.75) is 117 Å². The molecule has 0 amide bonds. The van der Waals surface area contributed by atoms with Gasteiger partial charge in [-0.05, 0) is 136 Å². The first-order chi connectivity index (χ1) is 34.1. The van der Waals surface area contributed by atoms with Crippen molar-refractivity contribution < 1.29 is 66.7 Å². The van der Waals surface area contributed by atoms with Gasteiger partial charge in [0, 0.05) is 12.2 Å². The first-order valence-corrected chi connectivity index (χ1v) is 24.6. The lowest BCUT2D eigenvalue weighted by Crippen LogP contribution is -2.09. The van der Waals surface area contributed by atoms with Crippen LogP contribution in [0, 0.1) is 0 Å². The van der Waals surface area contributed by atoms with Crippen LogP contribution in [-0.4, -0.2) is 75.5 Å². The number of carbonyl (C=O) groups excluding carboxylic acids is 6. The van der Waals surface area contributed by atoms with E-state index >= 15 is 0 Å². The minimum Gasteiger partial charge on any atom is -0.494 e. The molecular formula is C56H68O14. The normalized spacial score (nSPS) is 10.8. The standard InChI is InChI=1S/C56H68O14/c1-3-5-37-63-47-27-19-45(20-28-47)55(61)69-49-31-23-43(24-32-49)53(59)67-41-17-13-9-7-11-15-39-65-51(57)35-36-52(58)66-40-16-12-8-10-14-18-42-68-54(60)44-25-33-50(34-26-44)70-56(62)46-21-29-48(30-22-46)64-38-6-4-2/h19-36H,3-18,37-42H2,1-2H3/b36-35+. The number of rotatable bonds is 34. The third-order valence-electron chi connectivity index (χ3n) is 10.7. The van der Waals surface area contributed by atoms with Crippen LogP contribution in [0.15, 0.2) is 109 Å². The minimum absolute atomic E-state index is 0.249. The van der Waals surface area contributed by atoms with E-state index in [0.717, 1.165) is 102 Å². The molecule has 70 heavy (non-hydrogen) atoms. The quantitative estimate of drug-likeness (QED) is 0.0142. The summed E-state index contributed by atoms with van der Waals surface area (Å²) < 4.78 is 43.3. The second-order valence-electron chi connectivity index (χ2n) is 16.5. The summed E-state index contributed by atoms with van der Waals surface area (Å²) >= 11 is 0. The highest BCUT2D eigenvalue weighted by Crippen LogP contribution is 2.20. The van der Waals surface area contributed by atoms with E-state index in [0.29, 0.717) is 84.5 Å². The van der Waals surface area contributed by atoms with Crippen LogP contribution < -0.4 is 18.9 Å². The van der Waals surface area contributed by atoms with Gasteiger partial charge in [-0.3, -0.25) is 0 Å². The number of hydrogen-bond donors (Lipinski definition) is 0. The van der Waals surface area contributed by atoms with Crippen molar-refractivity contribution in [2.75, 3.05) is 39.6 Å². The summed E-state index contributed by atoms with van der Waals surface area (Å²) in [4.78, 5) is 73.9. The van der Waals surface area contributed by atoms with Crippen LogP contribution in [0.5, 0.6) is 23.0 Å². The Kier molecular flexibility index (Phi) is 26.6. The van der Waals surface area contributed by atoms with Crippen LogP contribution in [0.4, 0.5) is 0 Å². The van der Waals surface area contributed by atoms with E-state index in [9.17, 15) is 28.8 Å². The number of benzene rings is 4. The van der Waals surface area contributed by atoms with E-state index in [4.69, 9.17) is 37.9 Å². The van der Waals surface area contributed by atoms with Gasteiger partial charge >= 0.3 is 35.8 Å². The lowest BCUT2D eigenvalue weighted by molar-refractivity contribution is -0.140. The summed E-state index contributed by atoms with van der Waals surface area (Å²) in [6, 6.07) is 26.0. The minimum atomic E-state index is -0.600. The lowest BCUT2D eigenvalue weighted by atomic mass is 10.1. The molecule has 0 aromatic heterocycles. The molecule has 0 N–H and O–H groups in total. The van der Waals surface area contributed by atoms with E-state index in [1.807, 2.05) is 0 Å². The highest BCUT2D eigenvalue weighted by atomic mass is 16.6. The smallest absolute Gasteiger partial charge is 0.343 e. The summed E-state index contributed by atoms with van der Waals surface area (Å²) in [5.74, 6) is -1.08. The Labute approximate surface area is 411 Å². The van der Waals surface area contributed by atoms with Gasteiger partial charge in [0.25, 0.3) is 0 Å². The van der Waals surface area contributed by atoms with Gasteiger partial charge in [0.1, 0.15) is 23.0 Å². The molecule has 0 saturated heterocycles. The van der Waals surface area contributed by atoms with Crippen molar-refractivity contribution in [3.8, 4) is 23.0 Å². The first-order valence-electron chi connectivity index (χ1n) is 24.6. The number of unbranched alkanes of at least 4 members (excludes halogenated alkanes) is 12. The average molecular weight is 965 g/mol. The topological polar surface area (TPSA) is 176 Å². The second-order valence-corrected chi connectivity index (χ2v) is 16.5. The van der Waals surface area contributed by atoms with Gasteiger partial charge < -0.3 is 37.9 Å². The zero-order valence-corrected chi connectivity index (χ0v) is 40.7. The molecule has 0 spiro atoms. The molecule has 4 aromatic carbocycles. The SMILES string of the molecule is CCCCOc1ccc(C(=O)Oc2ccc(C(=O)OCCCCCCCCOC(=O)/C=C/C(=O)OCCCCCCCCOC(=O)c3ccc(OC(=O)c4ccc(OCCCC)cc4)cc3)cc2)cc1. The first kappa shape index (κ1) is 55.6. The largest absolute Gasteiger partial charge is 0.494 e. The summed E-state index contributed by atoms with van der Waals surface area (Å²) in [5.41, 5.74) is 1.51. The monoisotopic (exact) mass is 964 g/mol. The maximum absolute atomic E-state index is 12.5. The second kappa shape index (κ2) is 33.5. The fourth-order valence-electron chi connectivity index (χ4n) is 6.59. The molecule has 4 aromatic rings. The van der Waals surface area contributed by atoms with Crippen LogP contribution in [-0.2, 0) is 28.5 Å². The van der Waals surface area contributed by atoms with Crippen LogP contribution in [0.1, 0.15) is 158 Å². The van der Waals surface area contributed by atoms with Crippen LogP contribution in [0.25, 0.3) is 0 Å². The molecule has 0 aliphatic rings. The fraction of sp³-hybridized carbons (Fsp3) is 0.429. The highest BCUT2D eigenvalue weighted by Gasteiger charge is 2.14.